The van der Waals surface area contributed by atoms with Gasteiger partial charge in [0.1, 0.15) is 5.76 Å². The third-order valence-electron chi connectivity index (χ3n) is 2.90. The van der Waals surface area contributed by atoms with Crippen LogP contribution in [0.2, 0.25) is 0 Å². The number of benzene rings is 1. The molecule has 2 aromatic rings. The van der Waals surface area contributed by atoms with E-state index in [4.69, 9.17) is 4.42 Å². The van der Waals surface area contributed by atoms with Gasteiger partial charge in [-0.25, -0.2) is 0 Å². The average molecular weight is 416 g/mol. The Morgan fingerprint density at radius 1 is 1.19 bits per heavy atom. The van der Waals surface area contributed by atoms with Crippen molar-refractivity contribution in [2.24, 2.45) is 0 Å². The van der Waals surface area contributed by atoms with Gasteiger partial charge in [0.15, 0.2) is 4.67 Å². The molecule has 1 aromatic carbocycles. The fraction of sp³-hybridized carbons (Fsp3) is 0.267. The van der Waals surface area contributed by atoms with Gasteiger partial charge in [-0.1, -0.05) is 17.7 Å². The SMILES string of the molecule is Cc1ccc(C(=O)NCCNCc2cc(Br)c(Br)o2)cc1. The molecule has 2 rings (SSSR count). The maximum atomic E-state index is 11.9. The summed E-state index contributed by atoms with van der Waals surface area (Å²) in [6, 6.07) is 9.42. The molecular weight excluding hydrogens is 400 g/mol. The Labute approximate surface area is 140 Å². The van der Waals surface area contributed by atoms with Crippen LogP contribution in [0.1, 0.15) is 21.7 Å². The first kappa shape index (κ1) is 16.3. The summed E-state index contributed by atoms with van der Waals surface area (Å²) in [5.41, 5.74) is 1.82. The van der Waals surface area contributed by atoms with E-state index in [2.05, 4.69) is 42.5 Å². The van der Waals surface area contributed by atoms with E-state index in [1.54, 1.807) is 0 Å². The molecule has 2 N–H and O–H groups in total. The number of carbonyl (C=O) groups excluding carboxylic acids is 1. The van der Waals surface area contributed by atoms with Gasteiger partial charge in [-0.15, -0.1) is 0 Å². The van der Waals surface area contributed by atoms with Crippen LogP contribution in [0.4, 0.5) is 0 Å². The highest BCUT2D eigenvalue weighted by Gasteiger charge is 2.06. The molecule has 1 aromatic heterocycles. The molecule has 0 atom stereocenters. The topological polar surface area (TPSA) is 54.3 Å². The molecule has 0 radical (unpaired) electrons. The van der Waals surface area contributed by atoms with Crippen molar-refractivity contribution in [2.75, 3.05) is 13.1 Å². The largest absolute Gasteiger partial charge is 0.452 e. The van der Waals surface area contributed by atoms with E-state index < -0.39 is 0 Å². The quantitative estimate of drug-likeness (QED) is 0.708. The number of nitrogens with one attached hydrogen (secondary N) is 2. The van der Waals surface area contributed by atoms with Crippen molar-refractivity contribution in [1.82, 2.24) is 10.6 Å². The van der Waals surface area contributed by atoms with Gasteiger partial charge in [-0.05, 0) is 57.0 Å². The highest BCUT2D eigenvalue weighted by Crippen LogP contribution is 2.26. The second-order valence-electron chi connectivity index (χ2n) is 4.63. The first-order valence-electron chi connectivity index (χ1n) is 6.55. The van der Waals surface area contributed by atoms with Gasteiger partial charge in [0.05, 0.1) is 11.0 Å². The standard InChI is InChI=1S/C15H16Br2N2O2/c1-10-2-4-11(5-3-10)15(20)19-7-6-18-9-12-8-13(16)14(17)21-12/h2-5,8,18H,6-7,9H2,1H3,(H,19,20). The lowest BCUT2D eigenvalue weighted by Gasteiger charge is -2.06. The summed E-state index contributed by atoms with van der Waals surface area (Å²) in [7, 11) is 0. The second-order valence-corrected chi connectivity index (χ2v) is 6.21. The molecule has 0 saturated heterocycles. The Morgan fingerprint density at radius 2 is 1.90 bits per heavy atom. The minimum atomic E-state index is -0.0553. The number of amides is 1. The van der Waals surface area contributed by atoms with E-state index in [1.165, 1.54) is 0 Å². The molecule has 0 saturated carbocycles. The Kier molecular flexibility index (Phi) is 6.02. The zero-order valence-electron chi connectivity index (χ0n) is 11.6. The molecule has 112 valence electrons. The van der Waals surface area contributed by atoms with Crippen LogP contribution in [0.3, 0.4) is 0 Å². The lowest BCUT2D eigenvalue weighted by molar-refractivity contribution is 0.0954. The molecule has 0 spiro atoms. The number of carbonyl (C=O) groups is 1. The molecule has 1 amide bonds. The predicted molar refractivity (Wildman–Crippen MR) is 89.3 cm³/mol. The molecule has 6 heteroatoms. The smallest absolute Gasteiger partial charge is 0.251 e. The molecule has 21 heavy (non-hydrogen) atoms. The molecule has 4 nitrogen and oxygen atoms in total. The van der Waals surface area contributed by atoms with Crippen LogP contribution in [0.25, 0.3) is 0 Å². The van der Waals surface area contributed by atoms with Crippen molar-refractivity contribution >= 4 is 37.8 Å². The van der Waals surface area contributed by atoms with E-state index >= 15 is 0 Å². The maximum absolute atomic E-state index is 11.9. The van der Waals surface area contributed by atoms with Crippen LogP contribution in [-0.4, -0.2) is 19.0 Å². The van der Waals surface area contributed by atoms with Crippen molar-refractivity contribution in [3.8, 4) is 0 Å². The van der Waals surface area contributed by atoms with Crippen molar-refractivity contribution in [3.05, 3.63) is 56.4 Å². The van der Waals surface area contributed by atoms with Crippen molar-refractivity contribution < 1.29 is 9.21 Å². The molecule has 0 fully saturated rings. The Morgan fingerprint density at radius 3 is 2.52 bits per heavy atom. The summed E-state index contributed by atoms with van der Waals surface area (Å²) in [6.07, 6.45) is 0. The molecule has 0 aliphatic heterocycles. The lowest BCUT2D eigenvalue weighted by Crippen LogP contribution is -2.31. The van der Waals surface area contributed by atoms with Crippen LogP contribution in [-0.2, 0) is 6.54 Å². The Bertz CT molecular complexity index is 589. The van der Waals surface area contributed by atoms with E-state index in [9.17, 15) is 4.79 Å². The van der Waals surface area contributed by atoms with E-state index in [0.29, 0.717) is 29.9 Å². The third-order valence-corrected chi connectivity index (χ3v) is 4.61. The predicted octanol–water partition coefficient (Wildman–Crippen LogP) is 3.63. The van der Waals surface area contributed by atoms with Crippen molar-refractivity contribution in [3.63, 3.8) is 0 Å². The number of aryl methyl sites for hydroxylation is 1. The zero-order chi connectivity index (χ0) is 15.2. The van der Waals surface area contributed by atoms with Crippen LogP contribution < -0.4 is 10.6 Å². The fourth-order valence-corrected chi connectivity index (χ4v) is 2.42. The Balaban J connectivity index is 1.67. The van der Waals surface area contributed by atoms with Gasteiger partial charge in [0.2, 0.25) is 0 Å². The van der Waals surface area contributed by atoms with Crippen molar-refractivity contribution in [1.29, 1.82) is 0 Å². The molecule has 0 aliphatic rings. The summed E-state index contributed by atoms with van der Waals surface area (Å²) in [6.45, 7) is 3.85. The molecule has 0 unspecified atom stereocenters. The number of hydrogen-bond donors (Lipinski definition) is 2. The minimum absolute atomic E-state index is 0.0553. The Hall–Kier alpha value is -1.11. The molecule has 0 aliphatic carbocycles. The van der Waals surface area contributed by atoms with E-state index in [1.807, 2.05) is 37.3 Å². The van der Waals surface area contributed by atoms with Crippen LogP contribution >= 0.6 is 31.9 Å². The van der Waals surface area contributed by atoms with Crippen LogP contribution in [0, 0.1) is 6.92 Å². The maximum Gasteiger partial charge on any atom is 0.251 e. The van der Waals surface area contributed by atoms with Crippen LogP contribution in [0.15, 0.2) is 43.9 Å². The monoisotopic (exact) mass is 414 g/mol. The van der Waals surface area contributed by atoms with Gasteiger partial charge >= 0.3 is 0 Å². The summed E-state index contributed by atoms with van der Waals surface area (Å²) in [5.74, 6) is 0.777. The summed E-state index contributed by atoms with van der Waals surface area (Å²) in [4.78, 5) is 11.9. The fourth-order valence-electron chi connectivity index (χ4n) is 1.76. The van der Waals surface area contributed by atoms with E-state index in [-0.39, 0.29) is 5.91 Å². The lowest BCUT2D eigenvalue weighted by atomic mass is 10.1. The van der Waals surface area contributed by atoms with Crippen molar-refractivity contribution in [2.45, 2.75) is 13.5 Å². The first-order valence-corrected chi connectivity index (χ1v) is 8.14. The highest BCUT2D eigenvalue weighted by atomic mass is 79.9. The normalized spacial score (nSPS) is 10.6. The minimum Gasteiger partial charge on any atom is -0.452 e. The number of hydrogen-bond acceptors (Lipinski definition) is 3. The summed E-state index contributed by atoms with van der Waals surface area (Å²) in [5, 5.41) is 6.08. The first-order chi connectivity index (χ1) is 10.1. The highest BCUT2D eigenvalue weighted by molar-refractivity contribution is 9.13. The number of furan rings is 1. The van der Waals surface area contributed by atoms with E-state index in [0.717, 1.165) is 15.8 Å². The van der Waals surface area contributed by atoms with Gasteiger partial charge in [0.25, 0.3) is 5.91 Å². The van der Waals surface area contributed by atoms with Gasteiger partial charge in [-0.3, -0.25) is 4.79 Å². The van der Waals surface area contributed by atoms with Gasteiger partial charge < -0.3 is 15.1 Å². The molecule has 0 bridgehead atoms. The summed E-state index contributed by atoms with van der Waals surface area (Å²) >= 11 is 6.65. The van der Waals surface area contributed by atoms with Gasteiger partial charge in [-0.2, -0.15) is 0 Å². The van der Waals surface area contributed by atoms with Crippen LogP contribution in [0.5, 0.6) is 0 Å². The third kappa shape index (κ3) is 4.98. The van der Waals surface area contributed by atoms with Gasteiger partial charge in [0, 0.05) is 18.7 Å². The average Bonchev–Trinajstić information content (AvgIpc) is 2.78. The molecular formula is C15H16Br2N2O2. The zero-order valence-corrected chi connectivity index (χ0v) is 14.8. The summed E-state index contributed by atoms with van der Waals surface area (Å²) < 4.78 is 7.02. The molecule has 1 heterocycles. The number of halogens is 2. The second kappa shape index (κ2) is 7.77. The number of rotatable bonds is 6.